The van der Waals surface area contributed by atoms with Gasteiger partial charge in [-0.25, -0.2) is 12.8 Å². The Bertz CT molecular complexity index is 1330. The normalized spacial score (nSPS) is 16.8. The Morgan fingerprint density at radius 1 is 1.06 bits per heavy atom. The molecular formula is C27H30FN3O3S. The molecule has 0 aromatic heterocycles. The lowest BCUT2D eigenvalue weighted by molar-refractivity contribution is 0.102. The highest BCUT2D eigenvalue weighted by Gasteiger charge is 2.34. The lowest BCUT2D eigenvalue weighted by atomic mass is 10.1. The molecule has 8 heteroatoms. The van der Waals surface area contributed by atoms with Gasteiger partial charge in [-0.2, -0.15) is 4.31 Å². The van der Waals surface area contributed by atoms with Gasteiger partial charge in [-0.05, 0) is 73.9 Å². The first-order chi connectivity index (χ1) is 16.7. The molecule has 1 amide bonds. The van der Waals surface area contributed by atoms with E-state index in [-0.39, 0.29) is 24.7 Å². The van der Waals surface area contributed by atoms with Crippen LogP contribution in [0.1, 0.15) is 35.3 Å². The Morgan fingerprint density at radius 2 is 1.80 bits per heavy atom. The maximum absolute atomic E-state index is 14.7. The second-order valence-corrected chi connectivity index (χ2v) is 10.8. The third-order valence-corrected chi connectivity index (χ3v) is 8.23. The summed E-state index contributed by atoms with van der Waals surface area (Å²) in [4.78, 5) is 14.4. The van der Waals surface area contributed by atoms with E-state index in [0.29, 0.717) is 12.2 Å². The van der Waals surface area contributed by atoms with Crippen LogP contribution in [0.3, 0.4) is 0 Å². The van der Waals surface area contributed by atoms with Crippen molar-refractivity contribution in [3.05, 3.63) is 89.2 Å². The summed E-state index contributed by atoms with van der Waals surface area (Å²) in [7, 11) is -4.13. The number of sulfonamides is 1. The van der Waals surface area contributed by atoms with Gasteiger partial charge >= 0.3 is 0 Å². The minimum absolute atomic E-state index is 0.0796. The monoisotopic (exact) mass is 495 g/mol. The van der Waals surface area contributed by atoms with Gasteiger partial charge < -0.3 is 10.2 Å². The van der Waals surface area contributed by atoms with Crippen LogP contribution in [-0.4, -0.2) is 44.3 Å². The average molecular weight is 496 g/mol. The summed E-state index contributed by atoms with van der Waals surface area (Å²) in [6, 6.07) is 18.8. The molecule has 35 heavy (non-hydrogen) atoms. The maximum Gasteiger partial charge on any atom is 0.255 e. The van der Waals surface area contributed by atoms with Crippen LogP contribution < -0.4 is 10.2 Å². The number of halogens is 1. The molecule has 0 saturated carbocycles. The van der Waals surface area contributed by atoms with E-state index >= 15 is 0 Å². The summed E-state index contributed by atoms with van der Waals surface area (Å²) in [5, 5.41) is 2.75. The van der Waals surface area contributed by atoms with Crippen LogP contribution >= 0.6 is 0 Å². The fourth-order valence-electron chi connectivity index (χ4n) is 4.34. The van der Waals surface area contributed by atoms with E-state index in [2.05, 4.69) is 16.3 Å². The highest BCUT2D eigenvalue weighted by atomic mass is 32.2. The Morgan fingerprint density at radius 3 is 2.46 bits per heavy atom. The van der Waals surface area contributed by atoms with Gasteiger partial charge in [0.1, 0.15) is 10.7 Å². The average Bonchev–Trinajstić information content (AvgIpc) is 2.84. The number of amides is 1. The van der Waals surface area contributed by atoms with Crippen LogP contribution in [0, 0.1) is 12.7 Å². The number of nitrogens with one attached hydrogen (secondary N) is 1. The summed E-state index contributed by atoms with van der Waals surface area (Å²) in [6.45, 7) is 6.93. The second kappa shape index (κ2) is 10.2. The molecule has 0 unspecified atom stereocenters. The number of rotatable bonds is 6. The first-order valence-electron chi connectivity index (χ1n) is 11.7. The van der Waals surface area contributed by atoms with Gasteiger partial charge in [0.25, 0.3) is 5.91 Å². The molecule has 1 fully saturated rings. The summed E-state index contributed by atoms with van der Waals surface area (Å²) < 4.78 is 42.8. The van der Waals surface area contributed by atoms with E-state index < -0.39 is 26.6 Å². The van der Waals surface area contributed by atoms with E-state index in [1.54, 1.807) is 12.1 Å². The molecule has 3 aromatic rings. The zero-order valence-corrected chi connectivity index (χ0v) is 21.0. The van der Waals surface area contributed by atoms with Gasteiger partial charge in [-0.3, -0.25) is 4.79 Å². The number of hydrogen-bond donors (Lipinski definition) is 1. The summed E-state index contributed by atoms with van der Waals surface area (Å²) in [6.07, 6.45) is 0.880. The molecule has 0 radical (unpaired) electrons. The van der Waals surface area contributed by atoms with Crippen LogP contribution in [0.15, 0.2) is 71.6 Å². The van der Waals surface area contributed by atoms with Crippen molar-refractivity contribution in [1.29, 1.82) is 0 Å². The van der Waals surface area contributed by atoms with Crippen molar-refractivity contribution in [3.8, 4) is 0 Å². The molecule has 1 saturated heterocycles. The minimum atomic E-state index is -4.13. The lowest BCUT2D eigenvalue weighted by Gasteiger charge is -2.40. The van der Waals surface area contributed by atoms with Gasteiger partial charge in [0, 0.05) is 42.6 Å². The molecule has 1 aliphatic heterocycles. The lowest BCUT2D eigenvalue weighted by Crippen LogP contribution is -2.53. The molecule has 4 rings (SSSR count). The SMILES string of the molecule is CCc1ccc(NC(=O)c2ccc(F)c(S(=O)(=O)N3CCN(c4cccc(C)c4)[C@H](C)C3)c2)cc1. The molecular weight excluding hydrogens is 465 g/mol. The van der Waals surface area contributed by atoms with Crippen LogP contribution in [0.25, 0.3) is 0 Å². The molecule has 3 aromatic carbocycles. The van der Waals surface area contributed by atoms with Gasteiger partial charge in [-0.1, -0.05) is 31.2 Å². The standard InChI is InChI=1S/C27H30FN3O3S/c1-4-21-8-11-23(12-9-21)29-27(32)22-10-13-25(28)26(17-22)35(33,34)30-14-15-31(20(3)18-30)24-7-5-6-19(2)16-24/h5-13,16-17,20H,4,14-15,18H2,1-3H3,(H,29,32)/t20-/m1/s1. The van der Waals surface area contributed by atoms with Crippen LogP contribution in [0.2, 0.25) is 0 Å². The van der Waals surface area contributed by atoms with Gasteiger partial charge in [0.05, 0.1) is 0 Å². The quantitative estimate of drug-likeness (QED) is 0.531. The maximum atomic E-state index is 14.7. The van der Waals surface area contributed by atoms with E-state index in [0.717, 1.165) is 35.4 Å². The van der Waals surface area contributed by atoms with Crippen molar-refractivity contribution in [2.45, 2.75) is 38.1 Å². The zero-order valence-electron chi connectivity index (χ0n) is 20.2. The van der Waals surface area contributed by atoms with Crippen molar-refractivity contribution in [2.24, 2.45) is 0 Å². The van der Waals surface area contributed by atoms with E-state index in [4.69, 9.17) is 0 Å². The third-order valence-electron chi connectivity index (χ3n) is 6.35. The number of aryl methyl sites for hydroxylation is 2. The third kappa shape index (κ3) is 5.39. The second-order valence-electron chi connectivity index (χ2n) is 8.89. The first kappa shape index (κ1) is 24.9. The largest absolute Gasteiger partial charge is 0.366 e. The molecule has 0 bridgehead atoms. The molecule has 1 aliphatic rings. The smallest absolute Gasteiger partial charge is 0.255 e. The van der Waals surface area contributed by atoms with E-state index in [9.17, 15) is 17.6 Å². The first-order valence-corrected chi connectivity index (χ1v) is 13.2. The van der Waals surface area contributed by atoms with Crippen molar-refractivity contribution in [2.75, 3.05) is 29.9 Å². The van der Waals surface area contributed by atoms with Crippen LogP contribution in [0.5, 0.6) is 0 Å². The Balaban J connectivity index is 1.52. The molecule has 1 atom stereocenters. The predicted molar refractivity (Wildman–Crippen MR) is 137 cm³/mol. The molecule has 0 aliphatic carbocycles. The Hall–Kier alpha value is -3.23. The van der Waals surface area contributed by atoms with Crippen molar-refractivity contribution < 1.29 is 17.6 Å². The Labute approximate surface area is 206 Å². The fourth-order valence-corrected chi connectivity index (χ4v) is 5.94. The summed E-state index contributed by atoms with van der Waals surface area (Å²) in [5.74, 6) is -1.37. The highest BCUT2D eigenvalue weighted by Crippen LogP contribution is 2.27. The minimum Gasteiger partial charge on any atom is -0.366 e. The predicted octanol–water partition coefficient (Wildman–Crippen LogP) is 4.85. The van der Waals surface area contributed by atoms with E-state index in [1.165, 1.54) is 10.4 Å². The number of carbonyl (C=O) groups is 1. The number of nitrogens with zero attached hydrogens (tertiary/aromatic N) is 2. The number of carbonyl (C=O) groups excluding carboxylic acids is 1. The van der Waals surface area contributed by atoms with Crippen molar-refractivity contribution in [1.82, 2.24) is 4.31 Å². The molecule has 1 heterocycles. The van der Waals surface area contributed by atoms with Crippen LogP contribution in [0.4, 0.5) is 15.8 Å². The number of hydrogen-bond acceptors (Lipinski definition) is 4. The highest BCUT2D eigenvalue weighted by molar-refractivity contribution is 7.89. The number of benzene rings is 3. The Kier molecular flexibility index (Phi) is 7.23. The van der Waals surface area contributed by atoms with Gasteiger partial charge in [-0.15, -0.1) is 0 Å². The molecule has 1 N–H and O–H groups in total. The molecule has 184 valence electrons. The zero-order chi connectivity index (χ0) is 25.2. The summed E-state index contributed by atoms with van der Waals surface area (Å²) in [5.41, 5.74) is 3.96. The topological polar surface area (TPSA) is 69.7 Å². The molecule has 0 spiro atoms. The van der Waals surface area contributed by atoms with E-state index in [1.807, 2.05) is 51.1 Å². The van der Waals surface area contributed by atoms with Crippen molar-refractivity contribution in [3.63, 3.8) is 0 Å². The summed E-state index contributed by atoms with van der Waals surface area (Å²) >= 11 is 0. The number of piperazine rings is 1. The van der Waals surface area contributed by atoms with Gasteiger partial charge in [0.15, 0.2) is 0 Å². The van der Waals surface area contributed by atoms with Crippen molar-refractivity contribution >= 4 is 27.3 Å². The molecule has 6 nitrogen and oxygen atoms in total. The van der Waals surface area contributed by atoms with Crippen LogP contribution in [-0.2, 0) is 16.4 Å². The van der Waals surface area contributed by atoms with Gasteiger partial charge in [0.2, 0.25) is 10.0 Å². The fraction of sp³-hybridized carbons (Fsp3) is 0.296. The number of anilines is 2.